The highest BCUT2D eigenvalue weighted by molar-refractivity contribution is 7.07. The molecule has 0 aliphatic carbocycles. The van der Waals surface area contributed by atoms with Crippen molar-refractivity contribution in [1.29, 1.82) is 0 Å². The fraction of sp³-hybridized carbons (Fsp3) is 0.345. The SMILES string of the molecule is CCOC(=O)C1=C(C)N=c2s/c(=C/c3ccc(OC(C)C)cc3)c(=O)n2[C@H]1c1ccccc1OC(C)C. The van der Waals surface area contributed by atoms with E-state index in [9.17, 15) is 9.59 Å². The van der Waals surface area contributed by atoms with E-state index in [1.54, 1.807) is 18.4 Å². The molecule has 0 bridgehead atoms. The summed E-state index contributed by atoms with van der Waals surface area (Å²) in [5, 5.41) is 0. The second kappa shape index (κ2) is 11.2. The van der Waals surface area contributed by atoms with Crippen molar-refractivity contribution in [3.8, 4) is 11.5 Å². The molecule has 8 heteroatoms. The molecule has 0 saturated heterocycles. The van der Waals surface area contributed by atoms with Gasteiger partial charge in [-0.3, -0.25) is 9.36 Å². The smallest absolute Gasteiger partial charge is 0.338 e. The number of hydrogen-bond acceptors (Lipinski definition) is 7. The monoisotopic (exact) mass is 520 g/mol. The summed E-state index contributed by atoms with van der Waals surface area (Å²) in [6, 6.07) is 14.3. The largest absolute Gasteiger partial charge is 0.491 e. The normalized spacial score (nSPS) is 15.6. The topological polar surface area (TPSA) is 79.1 Å². The summed E-state index contributed by atoms with van der Waals surface area (Å²) < 4.78 is 19.3. The van der Waals surface area contributed by atoms with Crippen LogP contribution < -0.4 is 24.4 Å². The molecule has 0 spiro atoms. The molecule has 2 aromatic carbocycles. The Morgan fingerprint density at radius 2 is 1.73 bits per heavy atom. The van der Waals surface area contributed by atoms with Crippen LogP contribution >= 0.6 is 11.3 Å². The Morgan fingerprint density at radius 1 is 1.05 bits per heavy atom. The zero-order valence-corrected chi connectivity index (χ0v) is 22.8. The molecule has 0 N–H and O–H groups in total. The van der Waals surface area contributed by atoms with E-state index in [0.29, 0.717) is 31.9 Å². The van der Waals surface area contributed by atoms with Gasteiger partial charge in [-0.2, -0.15) is 0 Å². The molecule has 4 rings (SSSR count). The Bertz CT molecular complexity index is 1500. The van der Waals surface area contributed by atoms with Gasteiger partial charge in [0, 0.05) is 5.56 Å². The van der Waals surface area contributed by atoms with Crippen LogP contribution in [0.15, 0.2) is 69.6 Å². The lowest BCUT2D eigenvalue weighted by atomic mass is 9.95. The Kier molecular flexibility index (Phi) is 7.97. The van der Waals surface area contributed by atoms with Gasteiger partial charge in [0.05, 0.1) is 34.6 Å². The summed E-state index contributed by atoms with van der Waals surface area (Å²) in [7, 11) is 0. The highest BCUT2D eigenvalue weighted by Crippen LogP contribution is 2.36. The van der Waals surface area contributed by atoms with E-state index < -0.39 is 12.0 Å². The number of carbonyl (C=O) groups excluding carboxylic acids is 1. The van der Waals surface area contributed by atoms with Gasteiger partial charge in [0.2, 0.25) is 0 Å². The van der Waals surface area contributed by atoms with Gasteiger partial charge < -0.3 is 14.2 Å². The molecule has 194 valence electrons. The van der Waals surface area contributed by atoms with Gasteiger partial charge in [-0.15, -0.1) is 0 Å². The third kappa shape index (κ3) is 5.69. The highest BCUT2D eigenvalue weighted by Gasteiger charge is 2.35. The van der Waals surface area contributed by atoms with E-state index in [-0.39, 0.29) is 24.4 Å². The van der Waals surface area contributed by atoms with Gasteiger partial charge in [0.25, 0.3) is 5.56 Å². The minimum Gasteiger partial charge on any atom is -0.491 e. The molecule has 1 atom stereocenters. The van der Waals surface area contributed by atoms with Gasteiger partial charge >= 0.3 is 5.97 Å². The number of esters is 1. The number of allylic oxidation sites excluding steroid dienone is 1. The van der Waals surface area contributed by atoms with Crippen molar-refractivity contribution < 1.29 is 19.0 Å². The zero-order chi connectivity index (χ0) is 26.7. The molecular formula is C29H32N2O5S. The number of rotatable bonds is 8. The average molecular weight is 521 g/mol. The van der Waals surface area contributed by atoms with Crippen molar-refractivity contribution in [3.05, 3.63) is 90.6 Å². The van der Waals surface area contributed by atoms with Gasteiger partial charge in [0.1, 0.15) is 17.5 Å². The predicted octanol–water partition coefficient (Wildman–Crippen LogP) is 4.37. The first-order valence-corrected chi connectivity index (χ1v) is 13.2. The maximum absolute atomic E-state index is 13.8. The molecule has 0 radical (unpaired) electrons. The highest BCUT2D eigenvalue weighted by atomic mass is 32.1. The molecule has 1 aromatic heterocycles. The third-order valence-corrected chi connectivity index (χ3v) is 6.63. The average Bonchev–Trinajstić information content (AvgIpc) is 3.13. The summed E-state index contributed by atoms with van der Waals surface area (Å²) in [6.07, 6.45) is 1.82. The van der Waals surface area contributed by atoms with Crippen LogP contribution in [0.25, 0.3) is 6.08 Å². The predicted molar refractivity (Wildman–Crippen MR) is 145 cm³/mol. The Balaban J connectivity index is 1.89. The van der Waals surface area contributed by atoms with Crippen molar-refractivity contribution in [1.82, 2.24) is 4.57 Å². The maximum atomic E-state index is 13.8. The fourth-order valence-corrected chi connectivity index (χ4v) is 5.27. The molecule has 0 unspecified atom stereocenters. The first kappa shape index (κ1) is 26.4. The van der Waals surface area contributed by atoms with Gasteiger partial charge in [-0.25, -0.2) is 9.79 Å². The standard InChI is InChI=1S/C29H32N2O5S/c1-7-34-28(33)25-19(6)30-29-31(26(25)22-10-8-9-11-23(22)36-18(4)5)27(32)24(37-29)16-20-12-14-21(15-13-20)35-17(2)3/h8-18,26H,7H2,1-6H3/b24-16+/t26-/m0/s1. The van der Waals surface area contributed by atoms with Crippen LogP contribution in [0, 0.1) is 0 Å². The lowest BCUT2D eigenvalue weighted by molar-refractivity contribution is -0.139. The number of benzene rings is 2. The molecule has 1 aliphatic heterocycles. The Morgan fingerprint density at radius 3 is 2.38 bits per heavy atom. The second-order valence-electron chi connectivity index (χ2n) is 9.24. The Hall–Kier alpha value is -3.65. The molecule has 2 heterocycles. The number of para-hydroxylation sites is 1. The van der Waals surface area contributed by atoms with Gasteiger partial charge in [-0.05, 0) is 71.4 Å². The number of hydrogen-bond donors (Lipinski definition) is 0. The third-order valence-electron chi connectivity index (χ3n) is 5.64. The number of aromatic nitrogens is 1. The van der Waals surface area contributed by atoms with Crippen LogP contribution in [0.3, 0.4) is 0 Å². The van der Waals surface area contributed by atoms with Crippen molar-refractivity contribution in [3.63, 3.8) is 0 Å². The molecule has 0 amide bonds. The zero-order valence-electron chi connectivity index (χ0n) is 22.0. The van der Waals surface area contributed by atoms with Crippen LogP contribution in [0.5, 0.6) is 11.5 Å². The Labute approximate surface area is 220 Å². The van der Waals surface area contributed by atoms with Crippen LogP contribution in [-0.2, 0) is 9.53 Å². The van der Waals surface area contributed by atoms with E-state index >= 15 is 0 Å². The quantitative estimate of drug-likeness (QED) is 0.412. The van der Waals surface area contributed by atoms with Gasteiger partial charge in [-0.1, -0.05) is 41.7 Å². The van der Waals surface area contributed by atoms with Crippen LogP contribution in [0.4, 0.5) is 0 Å². The number of ether oxygens (including phenoxy) is 3. The van der Waals surface area contributed by atoms with E-state index in [1.165, 1.54) is 11.3 Å². The molecule has 0 saturated carbocycles. The maximum Gasteiger partial charge on any atom is 0.338 e. The van der Waals surface area contributed by atoms with Crippen LogP contribution in [-0.4, -0.2) is 29.4 Å². The number of fused-ring (bicyclic) bond motifs is 1. The molecule has 0 fully saturated rings. The molecule has 3 aromatic rings. The molecular weight excluding hydrogens is 488 g/mol. The lowest BCUT2D eigenvalue weighted by Crippen LogP contribution is -2.40. The summed E-state index contributed by atoms with van der Waals surface area (Å²) in [4.78, 5) is 32.1. The lowest BCUT2D eigenvalue weighted by Gasteiger charge is -2.26. The van der Waals surface area contributed by atoms with Crippen molar-refractivity contribution in [2.24, 2.45) is 4.99 Å². The van der Waals surface area contributed by atoms with E-state index in [4.69, 9.17) is 14.2 Å². The summed E-state index contributed by atoms with van der Waals surface area (Å²) in [5.41, 5.74) is 2.19. The van der Waals surface area contributed by atoms with Crippen LogP contribution in [0.1, 0.15) is 58.7 Å². The summed E-state index contributed by atoms with van der Waals surface area (Å²) in [5.74, 6) is 0.877. The molecule has 1 aliphatic rings. The van der Waals surface area contributed by atoms with E-state index in [2.05, 4.69) is 4.99 Å². The fourth-order valence-electron chi connectivity index (χ4n) is 4.22. The number of carbonyl (C=O) groups is 1. The second-order valence-corrected chi connectivity index (χ2v) is 10.3. The minimum absolute atomic E-state index is 0.0777. The van der Waals surface area contributed by atoms with E-state index in [1.807, 2.05) is 82.3 Å². The van der Waals surface area contributed by atoms with Crippen molar-refractivity contribution in [2.45, 2.75) is 59.8 Å². The first-order valence-electron chi connectivity index (χ1n) is 12.4. The molecule has 37 heavy (non-hydrogen) atoms. The summed E-state index contributed by atoms with van der Waals surface area (Å²) in [6.45, 7) is 11.6. The van der Waals surface area contributed by atoms with E-state index in [0.717, 1.165) is 11.3 Å². The number of thiazole rings is 1. The van der Waals surface area contributed by atoms with Gasteiger partial charge in [0.15, 0.2) is 4.80 Å². The first-order chi connectivity index (χ1) is 17.7. The summed E-state index contributed by atoms with van der Waals surface area (Å²) >= 11 is 1.29. The van der Waals surface area contributed by atoms with Crippen molar-refractivity contribution in [2.75, 3.05) is 6.61 Å². The minimum atomic E-state index is -0.728. The number of nitrogens with zero attached hydrogens (tertiary/aromatic N) is 2. The van der Waals surface area contributed by atoms with Crippen LogP contribution in [0.2, 0.25) is 0 Å². The molecule has 7 nitrogen and oxygen atoms in total. The van der Waals surface area contributed by atoms with Crippen molar-refractivity contribution >= 4 is 23.4 Å².